The maximum absolute atomic E-state index is 9.38. The molecular formula is C14H28N4O2. The Balaban J connectivity index is 2.15. The number of aliphatic hydroxyl groups excluding tert-OH is 1. The van der Waals surface area contributed by atoms with E-state index in [2.05, 4.69) is 48.3 Å². The molecule has 0 amide bonds. The van der Waals surface area contributed by atoms with Gasteiger partial charge in [0.2, 0.25) is 0 Å². The number of ether oxygens (including phenoxy) is 1. The Morgan fingerprint density at radius 1 is 1.30 bits per heavy atom. The lowest BCUT2D eigenvalue weighted by molar-refractivity contribution is 0.0385. The second-order valence-corrected chi connectivity index (χ2v) is 6.82. The molecule has 0 fully saturated rings. The van der Waals surface area contributed by atoms with Gasteiger partial charge in [-0.3, -0.25) is 0 Å². The van der Waals surface area contributed by atoms with E-state index < -0.39 is 0 Å². The fraction of sp³-hybridized carbons (Fsp3) is 0.929. The normalized spacial score (nSPS) is 15.2. The van der Waals surface area contributed by atoms with Gasteiger partial charge in [0.15, 0.2) is 5.82 Å². The van der Waals surface area contributed by atoms with E-state index in [0.29, 0.717) is 19.1 Å². The van der Waals surface area contributed by atoms with Gasteiger partial charge in [0.25, 0.3) is 0 Å². The van der Waals surface area contributed by atoms with Crippen LogP contribution in [-0.2, 0) is 11.2 Å². The van der Waals surface area contributed by atoms with Crippen LogP contribution in [0.5, 0.6) is 0 Å². The van der Waals surface area contributed by atoms with Crippen molar-refractivity contribution in [1.82, 2.24) is 20.6 Å². The Kier molecular flexibility index (Phi) is 7.09. The van der Waals surface area contributed by atoms with E-state index in [9.17, 15) is 5.11 Å². The van der Waals surface area contributed by atoms with E-state index in [0.717, 1.165) is 25.1 Å². The minimum atomic E-state index is 0.189. The average Bonchev–Trinajstić information content (AvgIpc) is 2.86. The number of rotatable bonds is 9. The molecule has 2 atom stereocenters. The highest BCUT2D eigenvalue weighted by Crippen LogP contribution is 2.24. The molecule has 1 rings (SSSR count). The number of hydrogen-bond acceptors (Lipinski definition) is 5. The topological polar surface area (TPSA) is 83.9 Å². The summed E-state index contributed by atoms with van der Waals surface area (Å²) in [6.07, 6.45) is 2.76. The van der Waals surface area contributed by atoms with Crippen LogP contribution in [0.4, 0.5) is 0 Å². The number of aromatic amines is 1. The molecule has 1 aromatic rings. The first-order chi connectivity index (χ1) is 9.40. The summed E-state index contributed by atoms with van der Waals surface area (Å²) >= 11 is 0. The van der Waals surface area contributed by atoms with Crippen molar-refractivity contribution in [2.24, 2.45) is 17.3 Å². The molecule has 1 heterocycles. The van der Waals surface area contributed by atoms with Gasteiger partial charge in [0.05, 0.1) is 6.61 Å². The molecular weight excluding hydrogens is 256 g/mol. The molecule has 0 spiro atoms. The number of H-pyrrole nitrogens is 1. The lowest BCUT2D eigenvalue weighted by Gasteiger charge is -2.25. The zero-order valence-electron chi connectivity index (χ0n) is 13.1. The Hall–Kier alpha value is -1.01. The summed E-state index contributed by atoms with van der Waals surface area (Å²) in [5.74, 6) is 1.42. The van der Waals surface area contributed by atoms with Gasteiger partial charge >= 0.3 is 0 Å². The first-order valence-corrected chi connectivity index (χ1v) is 7.31. The van der Waals surface area contributed by atoms with Gasteiger partial charge in [-0.05, 0) is 24.2 Å². The molecule has 2 unspecified atom stereocenters. The van der Waals surface area contributed by atoms with Crippen LogP contribution in [0.15, 0.2) is 0 Å². The van der Waals surface area contributed by atoms with Crippen molar-refractivity contribution in [2.45, 2.75) is 47.0 Å². The molecule has 0 aromatic carbocycles. The zero-order chi connectivity index (χ0) is 15.0. The van der Waals surface area contributed by atoms with Crippen molar-refractivity contribution in [3.05, 3.63) is 5.82 Å². The van der Waals surface area contributed by atoms with Crippen LogP contribution in [0.2, 0.25) is 0 Å². The van der Waals surface area contributed by atoms with Gasteiger partial charge in [0, 0.05) is 25.6 Å². The summed E-state index contributed by atoms with van der Waals surface area (Å²) in [4.78, 5) is 0. The van der Waals surface area contributed by atoms with Crippen molar-refractivity contribution < 1.29 is 9.84 Å². The Morgan fingerprint density at radius 2 is 2.05 bits per heavy atom. The Bertz CT molecular complexity index is 349. The molecule has 0 aliphatic carbocycles. The SMILES string of the molecule is CC(CCc1nn[nH]n1)COCC(CO)CC(C)(C)C. The lowest BCUT2D eigenvalue weighted by Crippen LogP contribution is -2.22. The number of aromatic nitrogens is 4. The maximum Gasteiger partial charge on any atom is 0.174 e. The van der Waals surface area contributed by atoms with Crippen molar-refractivity contribution in [3.63, 3.8) is 0 Å². The van der Waals surface area contributed by atoms with Gasteiger partial charge in [-0.1, -0.05) is 32.9 Å². The first-order valence-electron chi connectivity index (χ1n) is 7.31. The van der Waals surface area contributed by atoms with Gasteiger partial charge in [0.1, 0.15) is 0 Å². The van der Waals surface area contributed by atoms with Gasteiger partial charge in [-0.15, -0.1) is 10.2 Å². The number of nitrogens with one attached hydrogen (secondary N) is 1. The van der Waals surface area contributed by atoms with E-state index in [4.69, 9.17) is 4.74 Å². The molecule has 0 aliphatic rings. The Labute approximate surface area is 121 Å². The molecule has 0 bridgehead atoms. The number of nitrogens with zero attached hydrogens (tertiary/aromatic N) is 3. The molecule has 0 radical (unpaired) electrons. The fourth-order valence-corrected chi connectivity index (χ4v) is 2.23. The number of tetrazole rings is 1. The van der Waals surface area contributed by atoms with Crippen molar-refractivity contribution in [3.8, 4) is 0 Å². The molecule has 0 aliphatic heterocycles. The minimum Gasteiger partial charge on any atom is -0.396 e. The van der Waals surface area contributed by atoms with Crippen molar-refractivity contribution in [1.29, 1.82) is 0 Å². The van der Waals surface area contributed by atoms with Crippen LogP contribution in [0.3, 0.4) is 0 Å². The highest BCUT2D eigenvalue weighted by Gasteiger charge is 2.18. The van der Waals surface area contributed by atoms with E-state index in [-0.39, 0.29) is 17.9 Å². The molecule has 0 saturated carbocycles. The van der Waals surface area contributed by atoms with Gasteiger partial charge in [-0.25, -0.2) is 0 Å². The highest BCUT2D eigenvalue weighted by molar-refractivity contribution is 4.76. The third-order valence-corrected chi connectivity index (χ3v) is 3.17. The smallest absolute Gasteiger partial charge is 0.174 e. The molecule has 6 heteroatoms. The van der Waals surface area contributed by atoms with E-state index in [1.165, 1.54) is 0 Å². The quantitative estimate of drug-likeness (QED) is 0.722. The van der Waals surface area contributed by atoms with Gasteiger partial charge in [-0.2, -0.15) is 5.21 Å². The molecule has 0 saturated heterocycles. The van der Waals surface area contributed by atoms with Crippen LogP contribution < -0.4 is 0 Å². The molecule has 116 valence electrons. The second-order valence-electron chi connectivity index (χ2n) is 6.82. The number of aliphatic hydroxyl groups is 1. The van der Waals surface area contributed by atoms with Crippen LogP contribution in [0.1, 0.15) is 46.4 Å². The third kappa shape index (κ3) is 7.55. The van der Waals surface area contributed by atoms with Gasteiger partial charge < -0.3 is 9.84 Å². The van der Waals surface area contributed by atoms with Crippen molar-refractivity contribution >= 4 is 0 Å². The average molecular weight is 284 g/mol. The van der Waals surface area contributed by atoms with Crippen LogP contribution >= 0.6 is 0 Å². The third-order valence-electron chi connectivity index (χ3n) is 3.17. The first kappa shape index (κ1) is 17.0. The van der Waals surface area contributed by atoms with Crippen LogP contribution in [0.25, 0.3) is 0 Å². The monoisotopic (exact) mass is 284 g/mol. The molecule has 20 heavy (non-hydrogen) atoms. The predicted molar refractivity (Wildman–Crippen MR) is 77.1 cm³/mol. The molecule has 6 nitrogen and oxygen atoms in total. The minimum absolute atomic E-state index is 0.189. The summed E-state index contributed by atoms with van der Waals surface area (Å²) in [7, 11) is 0. The standard InChI is InChI=1S/C14H28N4O2/c1-11(5-6-13-15-17-18-16-13)9-20-10-12(8-19)7-14(2,3)4/h11-12,19H,5-10H2,1-4H3,(H,15,16,17,18). The summed E-state index contributed by atoms with van der Waals surface area (Å²) in [5.41, 5.74) is 0.223. The summed E-state index contributed by atoms with van der Waals surface area (Å²) < 4.78 is 5.74. The zero-order valence-corrected chi connectivity index (χ0v) is 13.1. The maximum atomic E-state index is 9.38. The fourth-order valence-electron chi connectivity index (χ4n) is 2.23. The van der Waals surface area contributed by atoms with Crippen LogP contribution in [0, 0.1) is 17.3 Å². The second kappa shape index (κ2) is 8.32. The van der Waals surface area contributed by atoms with Crippen molar-refractivity contribution in [2.75, 3.05) is 19.8 Å². The number of hydrogen-bond donors (Lipinski definition) is 2. The predicted octanol–water partition coefficient (Wildman–Crippen LogP) is 1.83. The Morgan fingerprint density at radius 3 is 2.60 bits per heavy atom. The van der Waals surface area contributed by atoms with Crippen LogP contribution in [-0.4, -0.2) is 45.6 Å². The summed E-state index contributed by atoms with van der Waals surface area (Å²) in [6.45, 7) is 10.2. The largest absolute Gasteiger partial charge is 0.396 e. The number of aryl methyl sites for hydroxylation is 1. The lowest BCUT2D eigenvalue weighted by atomic mass is 9.85. The van der Waals surface area contributed by atoms with E-state index >= 15 is 0 Å². The summed E-state index contributed by atoms with van der Waals surface area (Å²) in [6, 6.07) is 0. The summed E-state index contributed by atoms with van der Waals surface area (Å²) in [5, 5.41) is 23.2. The molecule has 2 N–H and O–H groups in total. The highest BCUT2D eigenvalue weighted by atomic mass is 16.5. The molecule has 1 aromatic heterocycles. The van der Waals surface area contributed by atoms with E-state index in [1.54, 1.807) is 0 Å². The van der Waals surface area contributed by atoms with E-state index in [1.807, 2.05) is 0 Å².